The van der Waals surface area contributed by atoms with Crippen molar-refractivity contribution in [3.05, 3.63) is 0 Å². The fourth-order valence-electron chi connectivity index (χ4n) is 4.06. The number of likely N-dealkylation sites (N-methyl/N-ethyl adjacent to an activating group) is 1. The van der Waals surface area contributed by atoms with Crippen LogP contribution in [0.15, 0.2) is 0 Å². The van der Waals surface area contributed by atoms with Crippen LogP contribution in [0, 0.1) is 0 Å². The molecule has 0 aromatic rings. The van der Waals surface area contributed by atoms with E-state index in [0.29, 0.717) is 32.4 Å². The van der Waals surface area contributed by atoms with Crippen LogP contribution < -0.4 is 31.9 Å². The number of carbonyl (C=O) groups excluding carboxylic acids is 5. The number of Topliss-reactive ketones (excluding diaryl/α,β-unsaturated/α-hetero) is 1. The van der Waals surface area contributed by atoms with Gasteiger partial charge in [-0.15, -0.1) is 0 Å². The molecule has 0 aliphatic carbocycles. The molecule has 3 atom stereocenters. The van der Waals surface area contributed by atoms with Crippen LogP contribution in [0.4, 0.5) is 0 Å². The molecule has 0 aliphatic heterocycles. The van der Waals surface area contributed by atoms with Crippen LogP contribution in [-0.4, -0.2) is 103 Å². The molecule has 8 N–H and O–H groups in total. The highest BCUT2D eigenvalue weighted by Gasteiger charge is 2.22. The van der Waals surface area contributed by atoms with Gasteiger partial charge in [-0.1, -0.05) is 6.92 Å². The van der Waals surface area contributed by atoms with Crippen LogP contribution in [0.2, 0.25) is 0 Å². The molecule has 0 aliphatic rings. The predicted molar refractivity (Wildman–Crippen MR) is 158 cm³/mol. The van der Waals surface area contributed by atoms with Gasteiger partial charge in [0.2, 0.25) is 23.6 Å². The molecule has 0 aromatic carbocycles. The molecule has 0 bridgehead atoms. The van der Waals surface area contributed by atoms with Crippen LogP contribution in [0.5, 0.6) is 0 Å². The first-order valence-corrected chi connectivity index (χ1v) is 14.9. The normalized spacial score (nSPS) is 12.8. The molecule has 0 aromatic heterocycles. The summed E-state index contributed by atoms with van der Waals surface area (Å²) in [6, 6.07) is -2.65. The molecule has 3 unspecified atom stereocenters. The van der Waals surface area contributed by atoms with Crippen molar-refractivity contribution in [1.29, 1.82) is 0 Å². The third-order valence-electron chi connectivity index (χ3n) is 6.58. The summed E-state index contributed by atoms with van der Waals surface area (Å²) in [7, 11) is 1.71. The van der Waals surface area contributed by atoms with Gasteiger partial charge in [0.05, 0.1) is 6.04 Å². The second-order valence-electron chi connectivity index (χ2n) is 10.2. The van der Waals surface area contributed by atoms with Crippen molar-refractivity contribution in [3.63, 3.8) is 0 Å². The number of carboxylic acids is 2. The average molecular weight is 615 g/mol. The molecule has 0 radical (unpaired) electrons. The minimum Gasteiger partial charge on any atom is -0.480 e. The summed E-state index contributed by atoms with van der Waals surface area (Å²) in [4.78, 5) is 82.6. The summed E-state index contributed by atoms with van der Waals surface area (Å²) in [5.74, 6) is -4.19. The van der Waals surface area contributed by atoms with Gasteiger partial charge in [0.1, 0.15) is 17.9 Å². The third kappa shape index (κ3) is 20.9. The van der Waals surface area contributed by atoms with Crippen LogP contribution in [-0.2, 0) is 33.6 Å². The van der Waals surface area contributed by atoms with Crippen LogP contribution in [0.3, 0.4) is 0 Å². The number of carbonyl (C=O) groups is 7. The Kier molecular flexibility index (Phi) is 21.9. The minimum absolute atomic E-state index is 0.0500. The fourth-order valence-corrected chi connectivity index (χ4v) is 4.06. The van der Waals surface area contributed by atoms with E-state index in [4.69, 9.17) is 0 Å². The Hall–Kier alpha value is -3.59. The average Bonchev–Trinajstić information content (AvgIpc) is 2.94. The highest BCUT2D eigenvalue weighted by molar-refractivity contribution is 5.85. The van der Waals surface area contributed by atoms with Gasteiger partial charge in [-0.2, -0.15) is 0 Å². The number of amides is 4. The van der Waals surface area contributed by atoms with Crippen molar-refractivity contribution in [2.45, 2.75) is 103 Å². The highest BCUT2D eigenvalue weighted by atomic mass is 16.4. The monoisotopic (exact) mass is 614 g/mol. The van der Waals surface area contributed by atoms with E-state index < -0.39 is 41.7 Å². The van der Waals surface area contributed by atoms with E-state index in [-0.39, 0.29) is 69.2 Å². The highest BCUT2D eigenvalue weighted by Crippen LogP contribution is 2.04. The largest absolute Gasteiger partial charge is 0.480 e. The first-order chi connectivity index (χ1) is 20.4. The summed E-state index contributed by atoms with van der Waals surface area (Å²) >= 11 is 0. The minimum atomic E-state index is -1.27. The van der Waals surface area contributed by atoms with E-state index in [1.165, 1.54) is 6.92 Å². The lowest BCUT2D eigenvalue weighted by atomic mass is 10.1. The number of nitrogens with one attached hydrogen (secondary N) is 6. The van der Waals surface area contributed by atoms with Crippen molar-refractivity contribution in [2.75, 3.05) is 33.2 Å². The molecule has 4 amide bonds. The second kappa shape index (κ2) is 23.9. The lowest BCUT2D eigenvalue weighted by Gasteiger charge is -2.15. The Morgan fingerprint density at radius 2 is 1.05 bits per heavy atom. The standard InChI is InChI=1S/C28H50N6O9/c1-4-30-16-7-10-25(38)33-21(27(40)41)13-15-24(37)32-18-8-11-26(39)34-22(28(42)43)12-14-23(36)31-17-6-5-9-20(29-3)19(2)35/h20-22,29-30H,4-18H2,1-3H3,(H,31,36)(H,32,37)(H,33,38)(H,34,39)(H,40,41)(H,42,43). The van der Waals surface area contributed by atoms with Crippen LogP contribution in [0.25, 0.3) is 0 Å². The number of hydrogen-bond acceptors (Lipinski definition) is 9. The molecule has 0 saturated carbocycles. The zero-order valence-corrected chi connectivity index (χ0v) is 25.6. The van der Waals surface area contributed by atoms with Gasteiger partial charge in [-0.05, 0) is 72.0 Å². The first kappa shape index (κ1) is 39.4. The molecule has 0 rings (SSSR count). The van der Waals surface area contributed by atoms with Crippen molar-refractivity contribution < 1.29 is 43.8 Å². The number of aliphatic carboxylic acids is 2. The quantitative estimate of drug-likeness (QED) is 0.0575. The Morgan fingerprint density at radius 3 is 1.47 bits per heavy atom. The maximum Gasteiger partial charge on any atom is 0.326 e. The van der Waals surface area contributed by atoms with E-state index in [9.17, 15) is 43.8 Å². The molecule has 0 fully saturated rings. The molecule has 0 heterocycles. The summed E-state index contributed by atoms with van der Waals surface area (Å²) in [5.41, 5.74) is 0. The number of ketones is 1. The van der Waals surface area contributed by atoms with E-state index in [1.54, 1.807) is 7.05 Å². The third-order valence-corrected chi connectivity index (χ3v) is 6.58. The molecule has 0 spiro atoms. The summed E-state index contributed by atoms with van der Waals surface area (Å²) in [6.45, 7) is 5.37. The molecule has 0 saturated heterocycles. The molecular weight excluding hydrogens is 564 g/mol. The zero-order chi connectivity index (χ0) is 32.6. The number of unbranched alkanes of at least 4 members (excludes halogenated alkanes) is 1. The van der Waals surface area contributed by atoms with Gasteiger partial charge in [-0.25, -0.2) is 9.59 Å². The smallest absolute Gasteiger partial charge is 0.326 e. The summed E-state index contributed by atoms with van der Waals surface area (Å²) in [5, 5.41) is 34.8. The molecule has 15 heteroatoms. The van der Waals surface area contributed by atoms with Gasteiger partial charge in [0, 0.05) is 38.8 Å². The van der Waals surface area contributed by atoms with Crippen LogP contribution >= 0.6 is 0 Å². The lowest BCUT2D eigenvalue weighted by molar-refractivity contribution is -0.142. The molecular formula is C28H50N6O9. The van der Waals surface area contributed by atoms with E-state index in [2.05, 4.69) is 31.9 Å². The Morgan fingerprint density at radius 1 is 0.581 bits per heavy atom. The van der Waals surface area contributed by atoms with Gasteiger partial charge < -0.3 is 42.1 Å². The molecule has 15 nitrogen and oxygen atoms in total. The number of carboxylic acid groups (broad SMARTS) is 2. The van der Waals surface area contributed by atoms with Gasteiger partial charge in [0.15, 0.2) is 0 Å². The van der Waals surface area contributed by atoms with Crippen molar-refractivity contribution in [2.24, 2.45) is 0 Å². The van der Waals surface area contributed by atoms with E-state index >= 15 is 0 Å². The molecule has 246 valence electrons. The van der Waals surface area contributed by atoms with Crippen molar-refractivity contribution in [1.82, 2.24) is 31.9 Å². The molecule has 43 heavy (non-hydrogen) atoms. The Bertz CT molecular complexity index is 915. The van der Waals surface area contributed by atoms with Crippen molar-refractivity contribution in [3.8, 4) is 0 Å². The number of hydrogen-bond donors (Lipinski definition) is 8. The zero-order valence-electron chi connectivity index (χ0n) is 25.6. The second-order valence-corrected chi connectivity index (χ2v) is 10.2. The Labute approximate surface area is 253 Å². The SMILES string of the molecule is CCNCCCC(=O)NC(CCC(=O)NCCCC(=O)NC(CCC(=O)NCCCCC(NC)C(C)=O)C(=O)O)C(=O)O. The maximum atomic E-state index is 12.2. The fraction of sp³-hybridized carbons (Fsp3) is 0.750. The summed E-state index contributed by atoms with van der Waals surface area (Å²) < 4.78 is 0. The predicted octanol–water partition coefficient (Wildman–Crippen LogP) is -0.565. The van der Waals surface area contributed by atoms with Crippen molar-refractivity contribution >= 4 is 41.4 Å². The van der Waals surface area contributed by atoms with E-state index in [1.807, 2.05) is 6.92 Å². The van der Waals surface area contributed by atoms with Crippen LogP contribution in [0.1, 0.15) is 84.5 Å². The van der Waals surface area contributed by atoms with Gasteiger partial charge in [0.25, 0.3) is 0 Å². The lowest BCUT2D eigenvalue weighted by Crippen LogP contribution is -2.42. The van der Waals surface area contributed by atoms with Gasteiger partial charge >= 0.3 is 11.9 Å². The number of rotatable bonds is 26. The summed E-state index contributed by atoms with van der Waals surface area (Å²) in [6.07, 6.45) is 2.52. The Balaban J connectivity index is 4.24. The maximum absolute atomic E-state index is 12.2. The topological polar surface area (TPSA) is 232 Å². The van der Waals surface area contributed by atoms with E-state index in [0.717, 1.165) is 13.0 Å². The van der Waals surface area contributed by atoms with Gasteiger partial charge in [-0.3, -0.25) is 24.0 Å². The first-order valence-electron chi connectivity index (χ1n) is 14.9.